The predicted molar refractivity (Wildman–Crippen MR) is 129 cm³/mol. The van der Waals surface area contributed by atoms with Crippen molar-refractivity contribution in [2.24, 2.45) is 5.92 Å². The van der Waals surface area contributed by atoms with Crippen LogP contribution in [0.25, 0.3) is 16.9 Å². The maximum absolute atomic E-state index is 12.9. The Balaban J connectivity index is 1.87. The van der Waals surface area contributed by atoms with E-state index in [1.807, 2.05) is 36.4 Å². The summed E-state index contributed by atoms with van der Waals surface area (Å²) < 4.78 is 12.3. The third-order valence-electron chi connectivity index (χ3n) is 5.39. The summed E-state index contributed by atoms with van der Waals surface area (Å²) in [6, 6.07) is 13.5. The van der Waals surface area contributed by atoms with Gasteiger partial charge in [0.05, 0.1) is 29.6 Å². The summed E-state index contributed by atoms with van der Waals surface area (Å²) in [5.74, 6) is -0.920. The fourth-order valence-corrected chi connectivity index (χ4v) is 4.08. The number of aromatic nitrogens is 2. The number of halogens is 1. The van der Waals surface area contributed by atoms with Crippen LogP contribution in [0.3, 0.4) is 0 Å². The molecular formula is C25H23ClN4O4. The van der Waals surface area contributed by atoms with Crippen LogP contribution in [0.4, 0.5) is 4.79 Å². The lowest BCUT2D eigenvalue weighted by Crippen LogP contribution is -2.51. The first kappa shape index (κ1) is 23.1. The number of hydrogen-bond acceptors (Lipinski definition) is 5. The predicted octanol–water partition coefficient (Wildman–Crippen LogP) is 4.41. The Morgan fingerprint density at radius 1 is 1.26 bits per heavy atom. The van der Waals surface area contributed by atoms with Crippen LogP contribution < -0.4 is 15.4 Å². The third kappa shape index (κ3) is 4.53. The third-order valence-corrected chi connectivity index (χ3v) is 5.69. The molecular weight excluding hydrogens is 456 g/mol. The van der Waals surface area contributed by atoms with E-state index < -0.39 is 24.0 Å². The zero-order valence-electron chi connectivity index (χ0n) is 18.5. The highest BCUT2D eigenvalue weighted by atomic mass is 35.5. The Morgan fingerprint density at radius 3 is 2.71 bits per heavy atom. The molecule has 4 rings (SSSR count). The smallest absolute Gasteiger partial charge is 0.319 e. The summed E-state index contributed by atoms with van der Waals surface area (Å²) in [5.41, 5.74) is 2.86. The summed E-state index contributed by atoms with van der Waals surface area (Å²) in [4.78, 5) is 25.3. The van der Waals surface area contributed by atoms with Crippen molar-refractivity contribution >= 4 is 23.6 Å². The molecule has 8 nitrogen and oxygen atoms in total. The molecule has 2 atom stereocenters. The van der Waals surface area contributed by atoms with Gasteiger partial charge in [0.2, 0.25) is 0 Å². The van der Waals surface area contributed by atoms with Crippen LogP contribution in [0.2, 0.25) is 5.02 Å². The van der Waals surface area contributed by atoms with E-state index in [9.17, 15) is 9.59 Å². The SMILES string of the molecule is C=CCOC(=O)[C@H]1C(=C)NC(=O)N[C@@H]1c1cn(-c2ccccc2)nc1-c1ccc(OC)c(Cl)c1. The van der Waals surface area contributed by atoms with Gasteiger partial charge in [-0.2, -0.15) is 5.10 Å². The van der Waals surface area contributed by atoms with Crippen molar-refractivity contribution in [3.8, 4) is 22.7 Å². The number of ether oxygens (including phenoxy) is 2. The molecule has 2 amide bonds. The second kappa shape index (κ2) is 9.84. The van der Waals surface area contributed by atoms with Crippen LogP contribution in [0.5, 0.6) is 5.75 Å². The van der Waals surface area contributed by atoms with Gasteiger partial charge in [-0.05, 0) is 30.3 Å². The first-order valence-electron chi connectivity index (χ1n) is 10.5. The fraction of sp³-hybridized carbons (Fsp3) is 0.160. The average Bonchev–Trinajstić information content (AvgIpc) is 3.28. The van der Waals surface area contributed by atoms with Gasteiger partial charge < -0.3 is 20.1 Å². The van der Waals surface area contributed by atoms with Gasteiger partial charge in [-0.3, -0.25) is 4.79 Å². The Hall–Kier alpha value is -4.04. The molecule has 9 heteroatoms. The van der Waals surface area contributed by atoms with Crippen LogP contribution >= 0.6 is 11.6 Å². The Morgan fingerprint density at radius 2 is 2.03 bits per heavy atom. The summed E-state index contributed by atoms with van der Waals surface area (Å²) in [6.45, 7) is 7.50. The summed E-state index contributed by atoms with van der Waals surface area (Å²) in [6.07, 6.45) is 3.25. The minimum absolute atomic E-state index is 0.0352. The molecule has 0 saturated carbocycles. The maximum Gasteiger partial charge on any atom is 0.319 e. The first-order chi connectivity index (χ1) is 16.4. The van der Waals surface area contributed by atoms with Gasteiger partial charge in [0, 0.05) is 23.0 Å². The maximum atomic E-state index is 12.9. The van der Waals surface area contributed by atoms with Gasteiger partial charge in [-0.25, -0.2) is 9.48 Å². The van der Waals surface area contributed by atoms with Gasteiger partial charge in [0.1, 0.15) is 18.3 Å². The lowest BCUT2D eigenvalue weighted by Gasteiger charge is -2.33. The molecule has 1 fully saturated rings. The summed E-state index contributed by atoms with van der Waals surface area (Å²) in [7, 11) is 1.53. The number of esters is 1. The lowest BCUT2D eigenvalue weighted by atomic mass is 9.88. The van der Waals surface area contributed by atoms with Crippen molar-refractivity contribution in [1.82, 2.24) is 20.4 Å². The molecule has 34 heavy (non-hydrogen) atoms. The number of benzene rings is 2. The largest absolute Gasteiger partial charge is 0.495 e. The standard InChI is InChI=1S/C25H23ClN4O4/c1-4-12-34-24(31)21-15(2)27-25(32)28-23(21)18-14-30(17-8-6-5-7-9-17)29-22(18)16-10-11-20(33-3)19(26)13-16/h4-11,13-14,21,23H,1-2,12H2,3H3,(H2,27,28,32)/t21-,23+/m0/s1. The van der Waals surface area contributed by atoms with E-state index in [4.69, 9.17) is 26.2 Å². The highest BCUT2D eigenvalue weighted by molar-refractivity contribution is 6.32. The van der Waals surface area contributed by atoms with E-state index in [1.165, 1.54) is 13.2 Å². The van der Waals surface area contributed by atoms with E-state index in [2.05, 4.69) is 23.8 Å². The number of carbonyl (C=O) groups excluding carboxylic acids is 2. The minimum Gasteiger partial charge on any atom is -0.495 e. The van der Waals surface area contributed by atoms with Gasteiger partial charge in [-0.1, -0.05) is 49.0 Å². The number of amides is 2. The molecule has 0 aliphatic carbocycles. The second-order valence-electron chi connectivity index (χ2n) is 7.56. The van der Waals surface area contributed by atoms with Crippen molar-refractivity contribution < 1.29 is 19.1 Å². The minimum atomic E-state index is -0.890. The molecule has 1 aliphatic heterocycles. The van der Waals surface area contributed by atoms with Crippen molar-refractivity contribution in [2.45, 2.75) is 6.04 Å². The first-order valence-corrected chi connectivity index (χ1v) is 10.8. The average molecular weight is 479 g/mol. The van der Waals surface area contributed by atoms with Crippen molar-refractivity contribution in [3.63, 3.8) is 0 Å². The van der Waals surface area contributed by atoms with E-state index >= 15 is 0 Å². The molecule has 0 spiro atoms. The quantitative estimate of drug-likeness (QED) is 0.387. The normalized spacial score (nSPS) is 17.5. The molecule has 1 aromatic heterocycles. The number of rotatable bonds is 7. The monoisotopic (exact) mass is 478 g/mol. The van der Waals surface area contributed by atoms with Crippen LogP contribution in [-0.2, 0) is 9.53 Å². The number of urea groups is 1. The zero-order valence-corrected chi connectivity index (χ0v) is 19.2. The van der Waals surface area contributed by atoms with Crippen LogP contribution in [0.1, 0.15) is 11.6 Å². The fourth-order valence-electron chi connectivity index (χ4n) is 3.82. The van der Waals surface area contributed by atoms with Crippen LogP contribution in [-0.4, -0.2) is 35.5 Å². The van der Waals surface area contributed by atoms with Crippen LogP contribution in [0.15, 0.2) is 79.7 Å². The number of nitrogens with one attached hydrogen (secondary N) is 2. The number of nitrogens with zero attached hydrogens (tertiary/aromatic N) is 2. The topological polar surface area (TPSA) is 94.5 Å². The molecule has 3 aromatic rings. The lowest BCUT2D eigenvalue weighted by molar-refractivity contribution is -0.147. The van der Waals surface area contributed by atoms with Crippen LogP contribution in [0, 0.1) is 5.92 Å². The number of para-hydroxylation sites is 1. The molecule has 0 bridgehead atoms. The van der Waals surface area contributed by atoms with E-state index in [1.54, 1.807) is 23.0 Å². The molecule has 0 radical (unpaired) electrons. The van der Waals surface area contributed by atoms with Crippen molar-refractivity contribution in [2.75, 3.05) is 13.7 Å². The zero-order chi connectivity index (χ0) is 24.2. The van der Waals surface area contributed by atoms with E-state index in [-0.39, 0.29) is 12.3 Å². The van der Waals surface area contributed by atoms with Gasteiger partial charge in [0.15, 0.2) is 0 Å². The Bertz CT molecular complexity index is 1260. The molecule has 2 heterocycles. The molecule has 174 valence electrons. The molecule has 0 unspecified atom stereocenters. The van der Waals surface area contributed by atoms with Crippen molar-refractivity contribution in [3.05, 3.63) is 90.2 Å². The number of carbonyl (C=O) groups is 2. The summed E-state index contributed by atoms with van der Waals surface area (Å²) >= 11 is 6.39. The van der Waals surface area contributed by atoms with E-state index in [0.717, 1.165) is 5.69 Å². The highest BCUT2D eigenvalue weighted by Gasteiger charge is 2.41. The van der Waals surface area contributed by atoms with E-state index in [0.29, 0.717) is 27.6 Å². The second-order valence-corrected chi connectivity index (χ2v) is 7.97. The Kier molecular flexibility index (Phi) is 6.70. The van der Waals surface area contributed by atoms with Gasteiger partial charge in [0.25, 0.3) is 0 Å². The summed E-state index contributed by atoms with van der Waals surface area (Å²) in [5, 5.41) is 10.6. The Labute approximate surface area is 201 Å². The molecule has 1 aliphatic rings. The van der Waals surface area contributed by atoms with Gasteiger partial charge >= 0.3 is 12.0 Å². The molecule has 2 N–H and O–H groups in total. The number of hydrogen-bond donors (Lipinski definition) is 2. The number of methoxy groups -OCH3 is 1. The van der Waals surface area contributed by atoms with Crippen molar-refractivity contribution in [1.29, 1.82) is 0 Å². The highest BCUT2D eigenvalue weighted by Crippen LogP contribution is 2.38. The molecule has 1 saturated heterocycles. The van der Waals surface area contributed by atoms with Gasteiger partial charge in [-0.15, -0.1) is 0 Å². The molecule has 2 aromatic carbocycles.